The van der Waals surface area contributed by atoms with Crippen LogP contribution in [0, 0.1) is 11.3 Å². The molecule has 0 aliphatic rings. The first-order valence-corrected chi connectivity index (χ1v) is 8.93. The van der Waals surface area contributed by atoms with E-state index in [4.69, 9.17) is 25.8 Å². The van der Waals surface area contributed by atoms with Gasteiger partial charge in [0.05, 0.1) is 31.4 Å². The van der Waals surface area contributed by atoms with Crippen LogP contribution in [0.2, 0.25) is 5.02 Å². The van der Waals surface area contributed by atoms with E-state index in [1.165, 1.54) is 38.5 Å². The first kappa shape index (κ1) is 21.8. The molecule has 8 heteroatoms. The number of rotatable bonds is 7. The van der Waals surface area contributed by atoms with Gasteiger partial charge in [-0.1, -0.05) is 11.6 Å². The van der Waals surface area contributed by atoms with Crippen LogP contribution < -0.4 is 14.8 Å². The Hall–Kier alpha value is -3.50. The average molecular weight is 415 g/mol. The fraction of sp³-hybridized carbons (Fsp3) is 0.190. The van der Waals surface area contributed by atoms with Gasteiger partial charge >= 0.3 is 5.97 Å². The van der Waals surface area contributed by atoms with Gasteiger partial charge in [-0.3, -0.25) is 4.79 Å². The molecule has 2 rings (SSSR count). The normalized spacial score (nSPS) is 10.7. The molecule has 0 aromatic heterocycles. The van der Waals surface area contributed by atoms with Crippen LogP contribution in [-0.2, 0) is 9.53 Å². The fourth-order valence-corrected chi connectivity index (χ4v) is 2.65. The first-order valence-electron chi connectivity index (χ1n) is 8.55. The number of halogens is 1. The van der Waals surface area contributed by atoms with E-state index in [0.717, 1.165) is 0 Å². The Bertz CT molecular complexity index is 978. The Balaban J connectivity index is 2.24. The molecule has 2 aromatic carbocycles. The second-order valence-electron chi connectivity index (χ2n) is 5.65. The Morgan fingerprint density at radius 1 is 1.14 bits per heavy atom. The summed E-state index contributed by atoms with van der Waals surface area (Å²) in [4.78, 5) is 24.2. The van der Waals surface area contributed by atoms with Crippen molar-refractivity contribution in [2.45, 2.75) is 6.92 Å². The number of carbonyl (C=O) groups excluding carboxylic acids is 2. The fourth-order valence-electron chi connectivity index (χ4n) is 2.40. The average Bonchev–Trinajstić information content (AvgIpc) is 2.72. The number of hydrogen-bond acceptors (Lipinski definition) is 6. The Morgan fingerprint density at radius 3 is 2.34 bits per heavy atom. The number of benzene rings is 2. The molecule has 0 aliphatic heterocycles. The molecule has 0 spiro atoms. The zero-order chi connectivity index (χ0) is 21.4. The van der Waals surface area contributed by atoms with Gasteiger partial charge in [-0.15, -0.1) is 0 Å². The molecule has 0 fully saturated rings. The molecular formula is C21H19ClN2O5. The first-order chi connectivity index (χ1) is 13.9. The molecule has 0 aliphatic carbocycles. The van der Waals surface area contributed by atoms with Crippen molar-refractivity contribution in [2.75, 3.05) is 26.1 Å². The lowest BCUT2D eigenvalue weighted by molar-refractivity contribution is -0.112. The summed E-state index contributed by atoms with van der Waals surface area (Å²) >= 11 is 6.13. The second-order valence-corrected chi connectivity index (χ2v) is 6.06. The number of carbonyl (C=O) groups is 2. The predicted octanol–water partition coefficient (Wildman–Crippen LogP) is 4.08. The van der Waals surface area contributed by atoms with Gasteiger partial charge in [-0.05, 0) is 43.3 Å². The maximum Gasteiger partial charge on any atom is 0.338 e. The Morgan fingerprint density at radius 2 is 1.79 bits per heavy atom. The zero-order valence-electron chi connectivity index (χ0n) is 16.1. The molecular weight excluding hydrogens is 396 g/mol. The summed E-state index contributed by atoms with van der Waals surface area (Å²) in [5, 5.41) is 12.3. The van der Waals surface area contributed by atoms with E-state index in [1.807, 2.05) is 6.07 Å². The third-order valence-corrected chi connectivity index (χ3v) is 4.12. The van der Waals surface area contributed by atoms with Crippen molar-refractivity contribution in [1.29, 1.82) is 5.26 Å². The van der Waals surface area contributed by atoms with Crippen molar-refractivity contribution >= 4 is 35.2 Å². The Labute approximate surface area is 173 Å². The molecule has 1 amide bonds. The molecule has 0 unspecified atom stereocenters. The maximum atomic E-state index is 12.5. The monoisotopic (exact) mass is 414 g/mol. The van der Waals surface area contributed by atoms with Crippen molar-refractivity contribution in [2.24, 2.45) is 0 Å². The quantitative estimate of drug-likeness (QED) is 0.416. The lowest BCUT2D eigenvalue weighted by Crippen LogP contribution is -2.13. The number of nitrogens with one attached hydrogen (secondary N) is 1. The van der Waals surface area contributed by atoms with Gasteiger partial charge in [0, 0.05) is 17.3 Å². The summed E-state index contributed by atoms with van der Waals surface area (Å²) < 4.78 is 15.3. The van der Waals surface area contributed by atoms with Crippen LogP contribution in [0.5, 0.6) is 11.5 Å². The molecule has 0 saturated carbocycles. The van der Waals surface area contributed by atoms with E-state index >= 15 is 0 Å². The minimum Gasteiger partial charge on any atom is -0.496 e. The second kappa shape index (κ2) is 10.2. The summed E-state index contributed by atoms with van der Waals surface area (Å²) in [5.74, 6) is -0.271. The number of amides is 1. The third kappa shape index (κ3) is 5.50. The number of methoxy groups -OCH3 is 2. The number of hydrogen-bond donors (Lipinski definition) is 1. The summed E-state index contributed by atoms with van der Waals surface area (Å²) in [5.41, 5.74) is 1.07. The van der Waals surface area contributed by atoms with Crippen LogP contribution in [0.3, 0.4) is 0 Å². The zero-order valence-corrected chi connectivity index (χ0v) is 16.9. The SMILES string of the molecule is CCOC(=O)c1ccc(NC(=O)/C(C#N)=C/c2cc(Cl)c(OC)cc2OC)cc1. The highest BCUT2D eigenvalue weighted by Gasteiger charge is 2.14. The largest absolute Gasteiger partial charge is 0.496 e. The van der Waals surface area contributed by atoms with Gasteiger partial charge in [-0.2, -0.15) is 5.26 Å². The molecule has 7 nitrogen and oxygen atoms in total. The van der Waals surface area contributed by atoms with E-state index in [1.54, 1.807) is 25.1 Å². The van der Waals surface area contributed by atoms with E-state index < -0.39 is 11.9 Å². The number of anilines is 1. The van der Waals surface area contributed by atoms with Gasteiger partial charge in [0.25, 0.3) is 5.91 Å². The number of esters is 1. The minimum atomic E-state index is -0.620. The summed E-state index contributed by atoms with van der Waals surface area (Å²) in [6.45, 7) is 1.99. The van der Waals surface area contributed by atoms with Gasteiger partial charge < -0.3 is 19.5 Å². The minimum absolute atomic E-state index is 0.154. The van der Waals surface area contributed by atoms with Crippen LogP contribution >= 0.6 is 11.6 Å². The molecule has 0 bridgehead atoms. The number of ether oxygens (including phenoxy) is 3. The molecule has 29 heavy (non-hydrogen) atoms. The molecule has 0 radical (unpaired) electrons. The maximum absolute atomic E-state index is 12.5. The molecule has 1 N–H and O–H groups in total. The van der Waals surface area contributed by atoms with Crippen molar-refractivity contribution < 1.29 is 23.8 Å². The van der Waals surface area contributed by atoms with Crippen molar-refractivity contribution in [3.8, 4) is 17.6 Å². The molecule has 0 saturated heterocycles. The van der Waals surface area contributed by atoms with Gasteiger partial charge in [0.1, 0.15) is 23.1 Å². The topological polar surface area (TPSA) is 97.7 Å². The number of nitrogens with zero attached hydrogens (tertiary/aromatic N) is 1. The highest BCUT2D eigenvalue weighted by atomic mass is 35.5. The van der Waals surface area contributed by atoms with Crippen LogP contribution in [0.4, 0.5) is 5.69 Å². The van der Waals surface area contributed by atoms with Crippen molar-refractivity contribution in [1.82, 2.24) is 0 Å². The highest BCUT2D eigenvalue weighted by molar-refractivity contribution is 6.32. The Kier molecular flexibility index (Phi) is 7.63. The molecule has 0 heterocycles. The van der Waals surface area contributed by atoms with Crippen LogP contribution in [0.15, 0.2) is 42.0 Å². The van der Waals surface area contributed by atoms with Crippen LogP contribution in [0.1, 0.15) is 22.8 Å². The third-order valence-electron chi connectivity index (χ3n) is 3.82. The molecule has 2 aromatic rings. The standard InChI is InChI=1S/C21H19ClN2O5/c1-4-29-21(26)13-5-7-16(8-6-13)24-20(25)15(12-23)9-14-10-17(22)19(28-3)11-18(14)27-2/h5-11H,4H2,1-3H3,(H,24,25)/b15-9+. The molecule has 0 atom stereocenters. The predicted molar refractivity (Wildman–Crippen MR) is 109 cm³/mol. The summed E-state index contributed by atoms with van der Waals surface area (Å²) in [6.07, 6.45) is 1.37. The van der Waals surface area contributed by atoms with Crippen LogP contribution in [-0.4, -0.2) is 32.7 Å². The smallest absolute Gasteiger partial charge is 0.338 e. The van der Waals surface area contributed by atoms with Gasteiger partial charge in [0.2, 0.25) is 0 Å². The number of nitriles is 1. The molecule has 150 valence electrons. The van der Waals surface area contributed by atoms with Crippen molar-refractivity contribution in [3.63, 3.8) is 0 Å². The van der Waals surface area contributed by atoms with Crippen LogP contribution in [0.25, 0.3) is 6.08 Å². The van der Waals surface area contributed by atoms with Gasteiger partial charge in [0.15, 0.2) is 0 Å². The lowest BCUT2D eigenvalue weighted by Gasteiger charge is -2.10. The van der Waals surface area contributed by atoms with E-state index in [2.05, 4.69) is 5.32 Å². The lowest BCUT2D eigenvalue weighted by atomic mass is 10.1. The van der Waals surface area contributed by atoms with E-state index in [0.29, 0.717) is 33.3 Å². The van der Waals surface area contributed by atoms with E-state index in [9.17, 15) is 14.9 Å². The van der Waals surface area contributed by atoms with E-state index in [-0.39, 0.29) is 12.2 Å². The highest BCUT2D eigenvalue weighted by Crippen LogP contribution is 2.33. The summed E-state index contributed by atoms with van der Waals surface area (Å²) in [7, 11) is 2.93. The van der Waals surface area contributed by atoms with Crippen molar-refractivity contribution in [3.05, 3.63) is 58.1 Å². The summed E-state index contributed by atoms with van der Waals surface area (Å²) in [6, 6.07) is 11.1. The van der Waals surface area contributed by atoms with Gasteiger partial charge in [-0.25, -0.2) is 4.79 Å².